The van der Waals surface area contributed by atoms with Crippen molar-refractivity contribution in [3.63, 3.8) is 0 Å². The summed E-state index contributed by atoms with van der Waals surface area (Å²) < 4.78 is 17.1. The van der Waals surface area contributed by atoms with E-state index in [9.17, 15) is 4.39 Å². The largest absolute Gasteiger partial charge is 0.364 e. The lowest BCUT2D eigenvalue weighted by molar-refractivity contribution is 0.608. The fourth-order valence-electron chi connectivity index (χ4n) is 1.87. The van der Waals surface area contributed by atoms with Crippen LogP contribution >= 0.6 is 12.2 Å². The minimum Gasteiger partial charge on any atom is -0.364 e. The van der Waals surface area contributed by atoms with Gasteiger partial charge in [0.05, 0.1) is 11.9 Å². The number of benzene rings is 1. The molecule has 0 saturated heterocycles. The minimum atomic E-state index is -0.411. The van der Waals surface area contributed by atoms with E-state index in [-0.39, 0.29) is 0 Å². The molecule has 0 aliphatic rings. The first-order chi connectivity index (χ1) is 11.2. The summed E-state index contributed by atoms with van der Waals surface area (Å²) in [6.07, 6.45) is 4.87. The molecule has 3 rings (SSSR count). The van der Waals surface area contributed by atoms with Gasteiger partial charge in [0.2, 0.25) is 0 Å². The van der Waals surface area contributed by atoms with Gasteiger partial charge in [0.15, 0.2) is 16.7 Å². The van der Waals surface area contributed by atoms with Gasteiger partial charge in [0, 0.05) is 25.5 Å². The molecular formula is C13H13FN8S. The molecule has 8 nitrogen and oxygen atoms in total. The maximum Gasteiger partial charge on any atom is 0.187 e. The van der Waals surface area contributed by atoms with Gasteiger partial charge < -0.3 is 5.32 Å². The molecule has 10 heteroatoms. The summed E-state index contributed by atoms with van der Waals surface area (Å²) in [4.78, 5) is 0. The van der Waals surface area contributed by atoms with Crippen LogP contribution in [0, 0.1) is 5.82 Å². The predicted molar refractivity (Wildman–Crippen MR) is 86.9 cm³/mol. The molecule has 0 amide bonds. The Balaban J connectivity index is 1.79. The zero-order chi connectivity index (χ0) is 16.2. The third-order valence-electron chi connectivity index (χ3n) is 2.97. The summed E-state index contributed by atoms with van der Waals surface area (Å²) in [7, 11) is 1.69. The van der Waals surface area contributed by atoms with Gasteiger partial charge in [-0.1, -0.05) is 5.21 Å². The summed E-state index contributed by atoms with van der Waals surface area (Å²) in [5.41, 5.74) is 6.40. The molecule has 2 aromatic heterocycles. The number of rotatable bonds is 4. The molecule has 2 heterocycles. The Morgan fingerprint density at radius 1 is 1.30 bits per heavy atom. The monoisotopic (exact) mass is 332 g/mol. The van der Waals surface area contributed by atoms with Crippen molar-refractivity contribution in [2.24, 2.45) is 0 Å². The molecule has 0 bridgehead atoms. The van der Waals surface area contributed by atoms with Gasteiger partial charge in [-0.05, 0) is 30.4 Å². The SMILES string of the molecule is CNC(=S)NNc1cn(-c2ccc(-n3cccn3)c(F)c2)nn1. The van der Waals surface area contributed by atoms with Crippen LogP contribution in [0.5, 0.6) is 0 Å². The normalized spacial score (nSPS) is 10.3. The van der Waals surface area contributed by atoms with Crippen LogP contribution in [0.2, 0.25) is 0 Å². The third kappa shape index (κ3) is 3.26. The van der Waals surface area contributed by atoms with Crippen molar-refractivity contribution in [3.05, 3.63) is 48.7 Å². The molecular weight excluding hydrogens is 319 g/mol. The van der Waals surface area contributed by atoms with Crippen LogP contribution in [-0.2, 0) is 0 Å². The summed E-state index contributed by atoms with van der Waals surface area (Å²) in [6.45, 7) is 0. The van der Waals surface area contributed by atoms with Gasteiger partial charge in [0.1, 0.15) is 5.69 Å². The molecule has 0 radical (unpaired) electrons. The van der Waals surface area contributed by atoms with E-state index in [1.807, 2.05) is 0 Å². The Morgan fingerprint density at radius 2 is 2.17 bits per heavy atom. The molecule has 0 fully saturated rings. The van der Waals surface area contributed by atoms with Crippen LogP contribution < -0.4 is 16.2 Å². The maximum absolute atomic E-state index is 14.2. The van der Waals surface area contributed by atoms with E-state index in [1.165, 1.54) is 15.4 Å². The third-order valence-corrected chi connectivity index (χ3v) is 3.28. The van der Waals surface area contributed by atoms with Crippen molar-refractivity contribution in [2.45, 2.75) is 0 Å². The lowest BCUT2D eigenvalue weighted by atomic mass is 10.2. The van der Waals surface area contributed by atoms with E-state index < -0.39 is 5.82 Å². The molecule has 3 aromatic rings. The van der Waals surface area contributed by atoms with E-state index in [1.54, 1.807) is 43.8 Å². The molecule has 1 aromatic carbocycles. The first kappa shape index (κ1) is 14.9. The Bertz CT molecular complexity index is 813. The van der Waals surface area contributed by atoms with E-state index in [2.05, 4.69) is 31.6 Å². The van der Waals surface area contributed by atoms with Gasteiger partial charge >= 0.3 is 0 Å². The van der Waals surface area contributed by atoms with E-state index >= 15 is 0 Å². The highest BCUT2D eigenvalue weighted by atomic mass is 32.1. The summed E-state index contributed by atoms with van der Waals surface area (Å²) in [5.74, 6) is 0.0323. The highest BCUT2D eigenvalue weighted by Crippen LogP contribution is 2.17. The highest BCUT2D eigenvalue weighted by molar-refractivity contribution is 7.80. The summed E-state index contributed by atoms with van der Waals surface area (Å²) in [6, 6.07) is 6.44. The topological polar surface area (TPSA) is 84.6 Å². The van der Waals surface area contributed by atoms with Crippen LogP contribution in [0.3, 0.4) is 0 Å². The second-order valence-electron chi connectivity index (χ2n) is 4.46. The Labute approximate surface area is 136 Å². The van der Waals surface area contributed by atoms with Crippen LogP contribution in [0.1, 0.15) is 0 Å². The Hall–Kier alpha value is -3.01. The van der Waals surface area contributed by atoms with Crippen molar-refractivity contribution in [1.82, 2.24) is 35.5 Å². The predicted octanol–water partition coefficient (Wildman–Crippen LogP) is 1.01. The molecule has 0 unspecified atom stereocenters. The van der Waals surface area contributed by atoms with Crippen molar-refractivity contribution >= 4 is 23.1 Å². The molecule has 23 heavy (non-hydrogen) atoms. The van der Waals surface area contributed by atoms with E-state index in [0.29, 0.717) is 22.3 Å². The number of nitrogens with one attached hydrogen (secondary N) is 3. The number of hydrogen-bond donors (Lipinski definition) is 3. The van der Waals surface area contributed by atoms with Crippen LogP contribution in [0.25, 0.3) is 11.4 Å². The van der Waals surface area contributed by atoms with Gasteiger partial charge in [-0.15, -0.1) is 5.10 Å². The standard InChI is InChI=1S/C13H13FN8S/c1-15-13(23)19-17-12-8-22(20-18-12)9-3-4-11(10(14)7-9)21-6-2-5-16-21/h2-8,17H,1H3,(H2,15,19,23). The zero-order valence-corrected chi connectivity index (χ0v) is 12.9. The van der Waals surface area contributed by atoms with Gasteiger partial charge in [0.25, 0.3) is 0 Å². The first-order valence-electron chi connectivity index (χ1n) is 6.63. The smallest absolute Gasteiger partial charge is 0.187 e. The fourth-order valence-corrected chi connectivity index (χ4v) is 1.92. The molecule has 0 saturated carbocycles. The average molecular weight is 332 g/mol. The maximum atomic E-state index is 14.2. The Morgan fingerprint density at radius 3 is 2.87 bits per heavy atom. The van der Waals surface area contributed by atoms with Gasteiger partial charge in [-0.3, -0.25) is 10.9 Å². The van der Waals surface area contributed by atoms with Gasteiger partial charge in [-0.2, -0.15) is 5.10 Å². The molecule has 118 valence electrons. The van der Waals surface area contributed by atoms with Crippen LogP contribution in [0.15, 0.2) is 42.9 Å². The lowest BCUT2D eigenvalue weighted by Gasteiger charge is -2.06. The highest BCUT2D eigenvalue weighted by Gasteiger charge is 2.09. The average Bonchev–Trinajstić information content (AvgIpc) is 3.24. The zero-order valence-electron chi connectivity index (χ0n) is 12.1. The lowest BCUT2D eigenvalue weighted by Crippen LogP contribution is -2.36. The number of aromatic nitrogens is 5. The van der Waals surface area contributed by atoms with Crippen molar-refractivity contribution < 1.29 is 4.39 Å². The molecule has 0 aliphatic heterocycles. The Kier molecular flexibility index (Phi) is 4.15. The number of nitrogens with zero attached hydrogens (tertiary/aromatic N) is 5. The molecule has 0 atom stereocenters. The van der Waals surface area contributed by atoms with E-state index in [4.69, 9.17) is 12.2 Å². The van der Waals surface area contributed by atoms with Crippen LogP contribution in [-0.4, -0.2) is 36.9 Å². The second kappa shape index (κ2) is 6.40. The van der Waals surface area contributed by atoms with E-state index in [0.717, 1.165) is 0 Å². The van der Waals surface area contributed by atoms with Gasteiger partial charge in [-0.25, -0.2) is 13.8 Å². The fraction of sp³-hybridized carbons (Fsp3) is 0.0769. The minimum absolute atomic E-state index is 0.359. The molecule has 0 aliphatic carbocycles. The number of thiocarbonyl (C=S) groups is 1. The summed E-state index contributed by atoms with van der Waals surface area (Å²) in [5, 5.41) is 15.0. The number of hydrazine groups is 1. The van der Waals surface area contributed by atoms with Crippen molar-refractivity contribution in [1.29, 1.82) is 0 Å². The number of halogens is 1. The molecule has 0 spiro atoms. The molecule has 3 N–H and O–H groups in total. The number of hydrogen-bond acceptors (Lipinski definition) is 5. The van der Waals surface area contributed by atoms with Crippen molar-refractivity contribution in [2.75, 3.05) is 12.5 Å². The summed E-state index contributed by atoms with van der Waals surface area (Å²) >= 11 is 4.93. The first-order valence-corrected chi connectivity index (χ1v) is 7.04. The second-order valence-corrected chi connectivity index (χ2v) is 4.87. The van der Waals surface area contributed by atoms with Crippen molar-refractivity contribution in [3.8, 4) is 11.4 Å². The van der Waals surface area contributed by atoms with Crippen LogP contribution in [0.4, 0.5) is 10.2 Å². The number of anilines is 1. The quantitative estimate of drug-likeness (QED) is 0.486.